The van der Waals surface area contributed by atoms with E-state index in [2.05, 4.69) is 15.9 Å². The molecule has 1 unspecified atom stereocenters. The fourth-order valence-electron chi connectivity index (χ4n) is 2.18. The molecule has 0 saturated carbocycles. The number of anilines is 1. The molecule has 0 bridgehead atoms. The Morgan fingerprint density at radius 2 is 2.25 bits per heavy atom. The second-order valence-corrected chi connectivity index (χ2v) is 7.28. The van der Waals surface area contributed by atoms with Crippen LogP contribution < -0.4 is 5.73 Å². The largest absolute Gasteiger partial charge is 0.399 e. The SMILES string of the molecule is CCC1COCCN1S(=O)(=O)c1cc(N)cc(Br)c1F. The molecule has 0 aliphatic carbocycles. The lowest BCUT2D eigenvalue weighted by Gasteiger charge is -2.34. The van der Waals surface area contributed by atoms with Crippen molar-refractivity contribution in [3.05, 3.63) is 22.4 Å². The van der Waals surface area contributed by atoms with Crippen LogP contribution >= 0.6 is 15.9 Å². The molecule has 1 atom stereocenters. The zero-order valence-electron chi connectivity index (χ0n) is 11.0. The monoisotopic (exact) mass is 366 g/mol. The van der Waals surface area contributed by atoms with E-state index in [9.17, 15) is 12.8 Å². The van der Waals surface area contributed by atoms with Crippen LogP contribution in [0.1, 0.15) is 13.3 Å². The first kappa shape index (κ1) is 15.7. The predicted molar refractivity (Wildman–Crippen MR) is 77.3 cm³/mol. The smallest absolute Gasteiger partial charge is 0.246 e. The van der Waals surface area contributed by atoms with E-state index in [-0.39, 0.29) is 22.7 Å². The molecular weight excluding hydrogens is 351 g/mol. The summed E-state index contributed by atoms with van der Waals surface area (Å²) in [4.78, 5) is -0.398. The summed E-state index contributed by atoms with van der Waals surface area (Å²) in [6, 6.07) is 2.20. The molecule has 1 aliphatic heterocycles. The van der Waals surface area contributed by atoms with Gasteiger partial charge in [0, 0.05) is 18.3 Å². The molecule has 0 aromatic heterocycles. The van der Waals surface area contributed by atoms with Crippen LogP contribution in [0.3, 0.4) is 0 Å². The number of sulfonamides is 1. The Kier molecular flexibility index (Phi) is 4.68. The van der Waals surface area contributed by atoms with Crippen LogP contribution in [0.25, 0.3) is 0 Å². The van der Waals surface area contributed by atoms with Crippen molar-refractivity contribution in [2.75, 3.05) is 25.5 Å². The third-order valence-electron chi connectivity index (χ3n) is 3.25. The van der Waals surface area contributed by atoms with Crippen LogP contribution in [0.2, 0.25) is 0 Å². The molecule has 1 aliphatic rings. The molecule has 112 valence electrons. The van der Waals surface area contributed by atoms with E-state index < -0.39 is 20.7 Å². The highest BCUT2D eigenvalue weighted by atomic mass is 79.9. The molecule has 0 amide bonds. The minimum absolute atomic E-state index is 0.0392. The van der Waals surface area contributed by atoms with Crippen molar-refractivity contribution in [1.82, 2.24) is 4.31 Å². The summed E-state index contributed by atoms with van der Waals surface area (Å²) in [7, 11) is -3.93. The molecule has 0 spiro atoms. The van der Waals surface area contributed by atoms with Gasteiger partial charge in [-0.25, -0.2) is 12.8 Å². The summed E-state index contributed by atoms with van der Waals surface area (Å²) in [5.41, 5.74) is 5.81. The van der Waals surface area contributed by atoms with Crippen molar-refractivity contribution in [1.29, 1.82) is 0 Å². The molecule has 0 radical (unpaired) electrons. The number of halogens is 2. The first-order valence-electron chi connectivity index (χ1n) is 6.22. The third kappa shape index (κ3) is 2.83. The molecule has 2 N–H and O–H groups in total. The van der Waals surface area contributed by atoms with E-state index in [4.69, 9.17) is 10.5 Å². The van der Waals surface area contributed by atoms with Gasteiger partial charge in [-0.3, -0.25) is 0 Å². The summed E-state index contributed by atoms with van der Waals surface area (Å²) in [5, 5.41) is 0. The van der Waals surface area contributed by atoms with Crippen molar-refractivity contribution >= 4 is 31.6 Å². The highest BCUT2D eigenvalue weighted by Crippen LogP contribution is 2.30. The fraction of sp³-hybridized carbons (Fsp3) is 0.500. The maximum absolute atomic E-state index is 14.1. The summed E-state index contributed by atoms with van der Waals surface area (Å²) in [6.45, 7) is 2.71. The van der Waals surface area contributed by atoms with E-state index in [1.165, 1.54) is 10.4 Å². The van der Waals surface area contributed by atoms with E-state index in [1.54, 1.807) is 0 Å². The van der Waals surface area contributed by atoms with Crippen LogP contribution in [0.4, 0.5) is 10.1 Å². The second-order valence-electron chi connectivity index (χ2n) is 4.57. The predicted octanol–water partition coefficient (Wildman–Crippen LogP) is 1.97. The van der Waals surface area contributed by atoms with Crippen molar-refractivity contribution in [2.24, 2.45) is 0 Å². The van der Waals surface area contributed by atoms with Gasteiger partial charge in [-0.1, -0.05) is 6.92 Å². The zero-order valence-corrected chi connectivity index (χ0v) is 13.4. The minimum atomic E-state index is -3.93. The molecular formula is C12H16BrFN2O3S. The standard InChI is InChI=1S/C12H16BrFN2O3S/c1-2-9-7-19-4-3-16(9)20(17,18)11-6-8(15)5-10(13)12(11)14/h5-6,9H,2-4,7,15H2,1H3. The highest BCUT2D eigenvalue weighted by molar-refractivity contribution is 9.10. The Morgan fingerprint density at radius 1 is 1.55 bits per heavy atom. The van der Waals surface area contributed by atoms with E-state index in [1.807, 2.05) is 6.92 Å². The van der Waals surface area contributed by atoms with Crippen LogP contribution in [-0.2, 0) is 14.8 Å². The fourth-order valence-corrected chi connectivity index (χ4v) is 4.58. The number of hydrogen-bond donors (Lipinski definition) is 1. The van der Waals surface area contributed by atoms with Crippen LogP contribution in [-0.4, -0.2) is 38.5 Å². The normalized spacial score (nSPS) is 21.1. The van der Waals surface area contributed by atoms with Gasteiger partial charge in [-0.05, 0) is 34.5 Å². The van der Waals surface area contributed by atoms with Crippen molar-refractivity contribution < 1.29 is 17.5 Å². The van der Waals surface area contributed by atoms with Crippen LogP contribution in [0.5, 0.6) is 0 Å². The Hall–Kier alpha value is -0.700. The quantitative estimate of drug-likeness (QED) is 0.830. The number of nitrogen functional groups attached to an aromatic ring is 1. The lowest BCUT2D eigenvalue weighted by atomic mass is 10.2. The summed E-state index contributed by atoms with van der Waals surface area (Å²) >= 11 is 2.98. The van der Waals surface area contributed by atoms with Gasteiger partial charge in [-0.15, -0.1) is 0 Å². The zero-order chi connectivity index (χ0) is 14.9. The summed E-state index contributed by atoms with van der Waals surface area (Å²) in [6.07, 6.45) is 0.602. The third-order valence-corrected chi connectivity index (χ3v) is 5.78. The van der Waals surface area contributed by atoms with Gasteiger partial charge in [-0.2, -0.15) is 4.31 Å². The average Bonchev–Trinajstić information content (AvgIpc) is 2.42. The van der Waals surface area contributed by atoms with Gasteiger partial charge in [0.25, 0.3) is 0 Å². The molecule has 5 nitrogen and oxygen atoms in total. The molecule has 1 heterocycles. The number of morpholine rings is 1. The van der Waals surface area contributed by atoms with Crippen molar-refractivity contribution in [2.45, 2.75) is 24.3 Å². The molecule has 1 aromatic carbocycles. The maximum Gasteiger partial charge on any atom is 0.246 e. The van der Waals surface area contributed by atoms with Crippen LogP contribution in [0, 0.1) is 5.82 Å². The van der Waals surface area contributed by atoms with Crippen molar-refractivity contribution in [3.8, 4) is 0 Å². The Balaban J connectivity index is 2.49. The van der Waals surface area contributed by atoms with Crippen molar-refractivity contribution in [3.63, 3.8) is 0 Å². The number of benzene rings is 1. The Morgan fingerprint density at radius 3 is 2.90 bits per heavy atom. The van der Waals surface area contributed by atoms with E-state index in [0.29, 0.717) is 19.6 Å². The summed E-state index contributed by atoms with van der Waals surface area (Å²) < 4.78 is 46.0. The Labute approximate surface area is 126 Å². The topological polar surface area (TPSA) is 72.6 Å². The van der Waals surface area contributed by atoms with Gasteiger partial charge >= 0.3 is 0 Å². The molecule has 8 heteroatoms. The van der Waals surface area contributed by atoms with E-state index in [0.717, 1.165) is 6.07 Å². The van der Waals surface area contributed by atoms with Gasteiger partial charge in [0.2, 0.25) is 10.0 Å². The number of hydrogen-bond acceptors (Lipinski definition) is 4. The van der Waals surface area contributed by atoms with Gasteiger partial charge < -0.3 is 10.5 Å². The first-order chi connectivity index (χ1) is 9.37. The van der Waals surface area contributed by atoms with Gasteiger partial charge in [0.15, 0.2) is 5.82 Å². The van der Waals surface area contributed by atoms with Gasteiger partial charge in [0.05, 0.1) is 17.7 Å². The first-order valence-corrected chi connectivity index (χ1v) is 8.45. The molecule has 20 heavy (non-hydrogen) atoms. The average molecular weight is 367 g/mol. The number of ether oxygens (including phenoxy) is 1. The molecule has 1 fully saturated rings. The van der Waals surface area contributed by atoms with Gasteiger partial charge in [0.1, 0.15) is 4.90 Å². The lowest BCUT2D eigenvalue weighted by Crippen LogP contribution is -2.48. The molecule has 1 aromatic rings. The molecule has 1 saturated heterocycles. The second kappa shape index (κ2) is 5.97. The number of nitrogens with zero attached hydrogens (tertiary/aromatic N) is 1. The lowest BCUT2D eigenvalue weighted by molar-refractivity contribution is 0.0313. The van der Waals surface area contributed by atoms with Crippen LogP contribution in [0.15, 0.2) is 21.5 Å². The van der Waals surface area contributed by atoms with E-state index >= 15 is 0 Å². The Bertz CT molecular complexity index is 609. The minimum Gasteiger partial charge on any atom is -0.399 e. The highest BCUT2D eigenvalue weighted by Gasteiger charge is 2.35. The number of rotatable bonds is 3. The number of nitrogens with two attached hydrogens (primary N) is 1. The molecule has 2 rings (SSSR count). The summed E-state index contributed by atoms with van der Waals surface area (Å²) in [5.74, 6) is -0.819. The maximum atomic E-state index is 14.1.